The molecule has 0 N–H and O–H groups in total. The fourth-order valence-electron chi connectivity index (χ4n) is 1.35. The average Bonchev–Trinajstić information content (AvgIpc) is 2.33. The van der Waals surface area contributed by atoms with Gasteiger partial charge in [-0.25, -0.2) is 17.6 Å². The van der Waals surface area contributed by atoms with Crippen molar-refractivity contribution >= 4 is 5.83 Å². The van der Waals surface area contributed by atoms with Gasteiger partial charge in [-0.05, 0) is 6.07 Å². The van der Waals surface area contributed by atoms with Gasteiger partial charge >= 0.3 is 0 Å². The van der Waals surface area contributed by atoms with Crippen LogP contribution in [0.25, 0.3) is 5.83 Å². The van der Waals surface area contributed by atoms with Gasteiger partial charge in [-0.15, -0.1) is 0 Å². The summed E-state index contributed by atoms with van der Waals surface area (Å²) in [7, 11) is 0. The Kier molecular flexibility index (Phi) is 1.65. The van der Waals surface area contributed by atoms with Crippen molar-refractivity contribution in [2.24, 2.45) is 0 Å². The Morgan fingerprint density at radius 2 is 1.77 bits per heavy atom. The van der Waals surface area contributed by atoms with E-state index < -0.39 is 29.2 Å². The van der Waals surface area contributed by atoms with Crippen molar-refractivity contribution in [2.75, 3.05) is 0 Å². The summed E-state index contributed by atoms with van der Waals surface area (Å²) >= 11 is 0. The molecule has 0 fully saturated rings. The number of alkyl halides is 1. The van der Waals surface area contributed by atoms with Crippen molar-refractivity contribution in [3.8, 4) is 0 Å². The minimum absolute atomic E-state index is 0.282. The fraction of sp³-hybridized carbons (Fsp3) is 0.111. The van der Waals surface area contributed by atoms with Crippen LogP contribution in [0.1, 0.15) is 17.3 Å². The third-order valence-electron chi connectivity index (χ3n) is 1.97. The second kappa shape index (κ2) is 2.58. The first kappa shape index (κ1) is 8.29. The van der Waals surface area contributed by atoms with Crippen LogP contribution in [-0.2, 0) is 0 Å². The quantitative estimate of drug-likeness (QED) is 0.547. The summed E-state index contributed by atoms with van der Waals surface area (Å²) in [5, 5.41) is 0. The second-order valence-electron chi connectivity index (χ2n) is 2.73. The van der Waals surface area contributed by atoms with Crippen LogP contribution >= 0.6 is 0 Å². The number of rotatable bonds is 0. The molecule has 68 valence electrons. The summed E-state index contributed by atoms with van der Waals surface area (Å²) in [5.74, 6) is -3.91. The monoisotopic (exact) mass is 188 g/mol. The fourth-order valence-corrected chi connectivity index (χ4v) is 1.35. The van der Waals surface area contributed by atoms with Gasteiger partial charge in [0.15, 0.2) is 17.8 Å². The van der Waals surface area contributed by atoms with Crippen LogP contribution in [-0.4, -0.2) is 0 Å². The molecule has 1 unspecified atom stereocenters. The SMILES string of the molecule is FC1=C(F)C(F)c2cccc(F)c21. The highest BCUT2D eigenvalue weighted by Crippen LogP contribution is 2.44. The predicted octanol–water partition coefficient (Wildman–Crippen LogP) is 3.46. The minimum atomic E-state index is -2.16. The van der Waals surface area contributed by atoms with E-state index in [2.05, 4.69) is 0 Å². The molecule has 0 radical (unpaired) electrons. The van der Waals surface area contributed by atoms with E-state index in [1.807, 2.05) is 0 Å². The average molecular weight is 188 g/mol. The maximum atomic E-state index is 12.9. The first-order valence-electron chi connectivity index (χ1n) is 3.61. The molecule has 1 aromatic carbocycles. The number of hydrogen-bond donors (Lipinski definition) is 0. The molecule has 0 heterocycles. The topological polar surface area (TPSA) is 0 Å². The first-order chi connectivity index (χ1) is 6.13. The molecule has 0 spiro atoms. The molecule has 1 aliphatic rings. The number of benzene rings is 1. The molecule has 0 amide bonds. The molecule has 2 rings (SSSR count). The second-order valence-corrected chi connectivity index (χ2v) is 2.73. The molecule has 0 nitrogen and oxygen atoms in total. The maximum Gasteiger partial charge on any atom is 0.180 e. The lowest BCUT2D eigenvalue weighted by molar-refractivity contribution is 0.340. The molecular weight excluding hydrogens is 184 g/mol. The zero-order chi connectivity index (χ0) is 9.59. The van der Waals surface area contributed by atoms with Crippen LogP contribution in [0.15, 0.2) is 24.0 Å². The third-order valence-corrected chi connectivity index (χ3v) is 1.97. The van der Waals surface area contributed by atoms with E-state index in [1.165, 1.54) is 6.07 Å². The van der Waals surface area contributed by atoms with E-state index in [1.54, 1.807) is 0 Å². The molecular formula is C9H4F4. The zero-order valence-electron chi connectivity index (χ0n) is 6.32. The smallest absolute Gasteiger partial charge is 0.180 e. The Morgan fingerprint density at radius 1 is 1.08 bits per heavy atom. The highest BCUT2D eigenvalue weighted by Gasteiger charge is 2.34. The van der Waals surface area contributed by atoms with Crippen LogP contribution in [0.2, 0.25) is 0 Å². The Hall–Kier alpha value is -1.32. The molecule has 0 aliphatic heterocycles. The molecule has 0 saturated carbocycles. The third kappa shape index (κ3) is 0.978. The summed E-state index contributed by atoms with van der Waals surface area (Å²) in [6.07, 6.45) is -2.16. The predicted molar refractivity (Wildman–Crippen MR) is 39.4 cm³/mol. The lowest BCUT2D eigenvalue weighted by atomic mass is 10.1. The molecule has 0 saturated heterocycles. The van der Waals surface area contributed by atoms with Crippen molar-refractivity contribution in [1.29, 1.82) is 0 Å². The largest absolute Gasteiger partial charge is 0.234 e. The van der Waals surface area contributed by atoms with Crippen molar-refractivity contribution in [2.45, 2.75) is 6.17 Å². The van der Waals surface area contributed by atoms with Crippen molar-refractivity contribution in [3.63, 3.8) is 0 Å². The summed E-state index contributed by atoms with van der Waals surface area (Å²) in [6.45, 7) is 0. The zero-order valence-corrected chi connectivity index (χ0v) is 6.32. The first-order valence-corrected chi connectivity index (χ1v) is 3.61. The van der Waals surface area contributed by atoms with E-state index in [-0.39, 0.29) is 5.56 Å². The highest BCUT2D eigenvalue weighted by atomic mass is 19.2. The molecule has 4 heteroatoms. The number of fused-ring (bicyclic) bond motifs is 1. The van der Waals surface area contributed by atoms with E-state index >= 15 is 0 Å². The summed E-state index contributed by atoms with van der Waals surface area (Å²) in [5.41, 5.74) is -0.873. The Balaban J connectivity index is 2.72. The maximum absolute atomic E-state index is 12.9. The minimum Gasteiger partial charge on any atom is -0.234 e. The Bertz CT molecular complexity index is 395. The lowest BCUT2D eigenvalue weighted by Crippen LogP contribution is -1.90. The van der Waals surface area contributed by atoms with Gasteiger partial charge in [0.2, 0.25) is 0 Å². The molecule has 0 bridgehead atoms. The van der Waals surface area contributed by atoms with E-state index in [4.69, 9.17) is 0 Å². The van der Waals surface area contributed by atoms with Crippen LogP contribution in [0.5, 0.6) is 0 Å². The summed E-state index contributed by atoms with van der Waals surface area (Å²) < 4.78 is 51.3. The van der Waals surface area contributed by atoms with E-state index in [0.29, 0.717) is 0 Å². The van der Waals surface area contributed by atoms with Gasteiger partial charge < -0.3 is 0 Å². The van der Waals surface area contributed by atoms with E-state index in [9.17, 15) is 17.6 Å². The molecule has 0 aromatic heterocycles. The lowest BCUT2D eigenvalue weighted by Gasteiger charge is -2.00. The van der Waals surface area contributed by atoms with Crippen molar-refractivity contribution in [3.05, 3.63) is 41.0 Å². The van der Waals surface area contributed by atoms with Gasteiger partial charge in [-0.2, -0.15) is 0 Å². The van der Waals surface area contributed by atoms with Gasteiger partial charge in [-0.1, -0.05) is 12.1 Å². The Labute approximate surface area is 71.5 Å². The molecule has 1 aliphatic carbocycles. The van der Waals surface area contributed by atoms with Crippen molar-refractivity contribution in [1.82, 2.24) is 0 Å². The van der Waals surface area contributed by atoms with Crippen LogP contribution < -0.4 is 0 Å². The summed E-state index contributed by atoms with van der Waals surface area (Å²) in [6, 6.07) is 3.34. The number of halogens is 4. The van der Waals surface area contributed by atoms with Gasteiger partial charge in [0.05, 0.1) is 5.56 Å². The number of hydrogen-bond acceptors (Lipinski definition) is 0. The summed E-state index contributed by atoms with van der Waals surface area (Å²) in [4.78, 5) is 0. The molecule has 13 heavy (non-hydrogen) atoms. The normalized spacial score (nSPS) is 20.8. The molecule has 1 aromatic rings. The molecule has 1 atom stereocenters. The standard InChI is InChI=1S/C9H4F4/c10-5-3-1-2-4-6(5)8(12)9(13)7(4)11/h1-3,7H. The van der Waals surface area contributed by atoms with E-state index in [0.717, 1.165) is 12.1 Å². The van der Waals surface area contributed by atoms with Gasteiger partial charge in [0, 0.05) is 5.56 Å². The van der Waals surface area contributed by atoms with Crippen LogP contribution in [0, 0.1) is 5.82 Å². The van der Waals surface area contributed by atoms with Crippen LogP contribution in [0.3, 0.4) is 0 Å². The Morgan fingerprint density at radius 3 is 2.38 bits per heavy atom. The van der Waals surface area contributed by atoms with Crippen molar-refractivity contribution < 1.29 is 17.6 Å². The van der Waals surface area contributed by atoms with Gasteiger partial charge in [0.25, 0.3) is 0 Å². The number of allylic oxidation sites excluding steroid dienone is 1. The van der Waals surface area contributed by atoms with Crippen LogP contribution in [0.4, 0.5) is 17.6 Å². The highest BCUT2D eigenvalue weighted by molar-refractivity contribution is 5.71. The van der Waals surface area contributed by atoms with Gasteiger partial charge in [-0.3, -0.25) is 0 Å². The van der Waals surface area contributed by atoms with Gasteiger partial charge in [0.1, 0.15) is 5.82 Å².